The summed E-state index contributed by atoms with van der Waals surface area (Å²) in [6, 6.07) is 0. The first kappa shape index (κ1) is 8.42. The lowest BCUT2D eigenvalue weighted by molar-refractivity contribution is 0.0786. The summed E-state index contributed by atoms with van der Waals surface area (Å²) in [7, 11) is 0. The average molecular weight is 173 g/mol. The van der Waals surface area contributed by atoms with Crippen molar-refractivity contribution in [1.82, 2.24) is 0 Å². The third-order valence-electron chi connectivity index (χ3n) is 1.95. The highest BCUT2D eigenvalue weighted by Crippen LogP contribution is 2.32. The molecule has 0 unspecified atom stereocenters. The van der Waals surface area contributed by atoms with Gasteiger partial charge in [0.25, 0.3) is 0 Å². The van der Waals surface area contributed by atoms with Crippen LogP contribution in [0.25, 0.3) is 0 Å². The Kier molecular flexibility index (Phi) is 2.41. The summed E-state index contributed by atoms with van der Waals surface area (Å²) in [5.74, 6) is 2.48. The van der Waals surface area contributed by atoms with Gasteiger partial charge in [0.2, 0.25) is 0 Å². The van der Waals surface area contributed by atoms with Crippen molar-refractivity contribution in [3.8, 4) is 12.3 Å². The molecule has 0 aromatic rings. The fourth-order valence-corrected chi connectivity index (χ4v) is 1.52. The van der Waals surface area contributed by atoms with Crippen molar-refractivity contribution >= 4 is 17.0 Å². The second kappa shape index (κ2) is 3.15. The molecule has 1 aliphatic carbocycles. The molecule has 0 N–H and O–H groups in total. The fraction of sp³-hybridized carbons (Fsp3) is 0.625. The van der Waals surface area contributed by atoms with Crippen LogP contribution >= 0.6 is 11.6 Å². The Hall–Kier alpha value is -0.680. The van der Waals surface area contributed by atoms with Gasteiger partial charge in [-0.3, -0.25) is 0 Å². The van der Waals surface area contributed by atoms with Gasteiger partial charge in [0.05, 0.1) is 0 Å². The van der Waals surface area contributed by atoms with E-state index in [0.717, 1.165) is 25.7 Å². The van der Waals surface area contributed by atoms with E-state index in [1.165, 1.54) is 0 Å². The highest BCUT2D eigenvalue weighted by molar-refractivity contribution is 6.61. The van der Waals surface area contributed by atoms with Crippen molar-refractivity contribution < 1.29 is 9.53 Å². The fourth-order valence-electron chi connectivity index (χ4n) is 1.38. The molecule has 0 atom stereocenters. The van der Waals surface area contributed by atoms with E-state index in [4.69, 9.17) is 22.8 Å². The number of rotatable bonds is 1. The van der Waals surface area contributed by atoms with Crippen molar-refractivity contribution in [3.05, 3.63) is 0 Å². The zero-order chi connectivity index (χ0) is 8.32. The summed E-state index contributed by atoms with van der Waals surface area (Å²) in [4.78, 5) is 10.4. The maximum Gasteiger partial charge on any atom is 0.405 e. The van der Waals surface area contributed by atoms with Gasteiger partial charge in [0, 0.05) is 11.6 Å². The topological polar surface area (TPSA) is 26.3 Å². The molecule has 0 spiro atoms. The van der Waals surface area contributed by atoms with E-state index in [9.17, 15) is 4.79 Å². The molecular formula is C8H9ClO2. The lowest BCUT2D eigenvalue weighted by atomic mass is 10.0. The summed E-state index contributed by atoms with van der Waals surface area (Å²) < 4.78 is 4.84. The SMILES string of the molecule is C#CC1(OC(=O)Cl)CCCC1. The van der Waals surface area contributed by atoms with Gasteiger partial charge in [-0.05, 0) is 25.7 Å². The van der Waals surface area contributed by atoms with Gasteiger partial charge in [0.1, 0.15) is 0 Å². The summed E-state index contributed by atoms with van der Waals surface area (Å²) in [6.45, 7) is 0. The first-order chi connectivity index (χ1) is 5.18. The highest BCUT2D eigenvalue weighted by Gasteiger charge is 2.35. The van der Waals surface area contributed by atoms with Crippen LogP contribution in [0.1, 0.15) is 25.7 Å². The van der Waals surface area contributed by atoms with Crippen LogP contribution in [0.4, 0.5) is 4.79 Å². The van der Waals surface area contributed by atoms with Gasteiger partial charge >= 0.3 is 5.43 Å². The van der Waals surface area contributed by atoms with E-state index in [2.05, 4.69) is 5.92 Å². The smallest absolute Gasteiger partial charge is 0.405 e. The van der Waals surface area contributed by atoms with E-state index in [1.54, 1.807) is 0 Å². The van der Waals surface area contributed by atoms with Crippen molar-refractivity contribution in [2.45, 2.75) is 31.3 Å². The monoisotopic (exact) mass is 172 g/mol. The van der Waals surface area contributed by atoms with Crippen LogP contribution in [-0.4, -0.2) is 11.0 Å². The molecule has 0 saturated heterocycles. The van der Waals surface area contributed by atoms with E-state index < -0.39 is 11.0 Å². The molecule has 0 radical (unpaired) electrons. The predicted octanol–water partition coefficient (Wildman–Crippen LogP) is 2.31. The quantitative estimate of drug-likeness (QED) is 0.448. The Morgan fingerprint density at radius 2 is 2.09 bits per heavy atom. The molecule has 0 bridgehead atoms. The van der Waals surface area contributed by atoms with Gasteiger partial charge in [-0.1, -0.05) is 5.92 Å². The van der Waals surface area contributed by atoms with Crippen molar-refractivity contribution in [3.63, 3.8) is 0 Å². The zero-order valence-corrected chi connectivity index (χ0v) is 6.86. The molecule has 11 heavy (non-hydrogen) atoms. The largest absolute Gasteiger partial charge is 0.434 e. The van der Waals surface area contributed by atoms with Crippen molar-refractivity contribution in [2.75, 3.05) is 0 Å². The van der Waals surface area contributed by atoms with E-state index in [1.807, 2.05) is 0 Å². The van der Waals surface area contributed by atoms with E-state index in [0.29, 0.717) is 0 Å². The Bertz CT molecular complexity index is 199. The third kappa shape index (κ3) is 1.87. The van der Waals surface area contributed by atoms with E-state index in [-0.39, 0.29) is 0 Å². The van der Waals surface area contributed by atoms with Crippen LogP contribution in [0.2, 0.25) is 0 Å². The molecular weight excluding hydrogens is 164 g/mol. The molecule has 0 aromatic carbocycles. The van der Waals surface area contributed by atoms with Gasteiger partial charge in [-0.25, -0.2) is 4.79 Å². The number of carbonyl (C=O) groups excluding carboxylic acids is 1. The molecule has 60 valence electrons. The third-order valence-corrected chi connectivity index (χ3v) is 2.03. The van der Waals surface area contributed by atoms with Crippen LogP contribution < -0.4 is 0 Å². The number of hydrogen-bond acceptors (Lipinski definition) is 2. The number of ether oxygens (including phenoxy) is 1. The second-order valence-corrected chi connectivity index (χ2v) is 2.99. The lowest BCUT2D eigenvalue weighted by Gasteiger charge is -2.20. The van der Waals surface area contributed by atoms with Gasteiger partial charge in [-0.15, -0.1) is 6.42 Å². The van der Waals surface area contributed by atoms with Crippen LogP contribution in [0, 0.1) is 12.3 Å². The molecule has 0 aliphatic heterocycles. The van der Waals surface area contributed by atoms with Crippen LogP contribution in [-0.2, 0) is 4.74 Å². The molecule has 1 saturated carbocycles. The normalized spacial score (nSPS) is 20.7. The first-order valence-electron chi connectivity index (χ1n) is 3.55. The molecule has 3 heteroatoms. The average Bonchev–Trinajstić information content (AvgIpc) is 2.36. The van der Waals surface area contributed by atoms with Gasteiger partial charge in [0.15, 0.2) is 5.60 Å². The summed E-state index contributed by atoms with van der Waals surface area (Å²) >= 11 is 5.07. The minimum Gasteiger partial charge on any atom is -0.434 e. The Morgan fingerprint density at radius 3 is 2.45 bits per heavy atom. The van der Waals surface area contributed by atoms with Gasteiger partial charge in [-0.2, -0.15) is 0 Å². The van der Waals surface area contributed by atoms with Gasteiger partial charge < -0.3 is 4.74 Å². The second-order valence-electron chi connectivity index (χ2n) is 2.69. The Balaban J connectivity index is 2.61. The Morgan fingerprint density at radius 1 is 1.55 bits per heavy atom. The summed E-state index contributed by atoms with van der Waals surface area (Å²) in [5.41, 5.74) is -1.50. The summed E-state index contributed by atoms with van der Waals surface area (Å²) in [6.07, 6.45) is 8.72. The van der Waals surface area contributed by atoms with Crippen LogP contribution in [0.5, 0.6) is 0 Å². The molecule has 1 rings (SSSR count). The molecule has 0 amide bonds. The Labute approximate surface area is 70.9 Å². The first-order valence-corrected chi connectivity index (χ1v) is 3.93. The minimum atomic E-state index is -0.801. The minimum absolute atomic E-state index is 0.696. The maximum absolute atomic E-state index is 10.4. The lowest BCUT2D eigenvalue weighted by Crippen LogP contribution is -2.27. The van der Waals surface area contributed by atoms with Crippen LogP contribution in [0.3, 0.4) is 0 Å². The zero-order valence-electron chi connectivity index (χ0n) is 6.10. The number of carbonyl (C=O) groups is 1. The molecule has 1 aliphatic rings. The summed E-state index contributed by atoms with van der Waals surface area (Å²) in [5, 5.41) is 0. The molecule has 2 nitrogen and oxygen atoms in total. The highest BCUT2D eigenvalue weighted by atomic mass is 35.5. The number of hydrogen-bond donors (Lipinski definition) is 0. The van der Waals surface area contributed by atoms with Crippen molar-refractivity contribution in [2.24, 2.45) is 0 Å². The maximum atomic E-state index is 10.4. The molecule has 0 aromatic heterocycles. The predicted molar refractivity (Wildman–Crippen MR) is 42.4 cm³/mol. The van der Waals surface area contributed by atoms with Crippen molar-refractivity contribution in [1.29, 1.82) is 0 Å². The number of halogens is 1. The van der Waals surface area contributed by atoms with Crippen LogP contribution in [0.15, 0.2) is 0 Å². The molecule has 1 fully saturated rings. The molecule has 0 heterocycles. The standard InChI is InChI=1S/C8H9ClO2/c1-2-8(11-7(9)10)5-3-4-6-8/h1H,3-6H2. The number of terminal acetylenes is 1. The van der Waals surface area contributed by atoms with E-state index >= 15 is 0 Å².